The highest BCUT2D eigenvalue weighted by molar-refractivity contribution is 7.17. The number of halogens is 4. The van der Waals surface area contributed by atoms with Crippen LogP contribution in [0, 0.1) is 5.82 Å². The van der Waals surface area contributed by atoms with Crippen LogP contribution in [0.15, 0.2) is 66.7 Å². The number of amides is 1. The van der Waals surface area contributed by atoms with Crippen molar-refractivity contribution in [3.63, 3.8) is 0 Å². The summed E-state index contributed by atoms with van der Waals surface area (Å²) in [5.74, 6) is -0.809. The molecule has 0 unspecified atom stereocenters. The van der Waals surface area contributed by atoms with E-state index in [0.29, 0.717) is 21.6 Å². The topological polar surface area (TPSA) is 54.9 Å². The number of hydrogen-bond acceptors (Lipinski definition) is 4. The summed E-state index contributed by atoms with van der Waals surface area (Å²) < 4.78 is 54.1. The Hall–Kier alpha value is -3.59. The van der Waals surface area contributed by atoms with Gasteiger partial charge in [0.25, 0.3) is 5.91 Å². The molecular weight excluding hydrogens is 478 g/mol. The molecule has 1 amide bonds. The fraction of sp³-hybridized carbons (Fsp3) is 0.192. The Kier molecular flexibility index (Phi) is 6.46. The van der Waals surface area contributed by atoms with Gasteiger partial charge in [-0.2, -0.15) is 13.2 Å². The lowest BCUT2D eigenvalue weighted by atomic mass is 10.1. The molecule has 2 aromatic carbocycles. The third-order valence-electron chi connectivity index (χ3n) is 4.88. The normalized spacial score (nSPS) is 12.0. The van der Waals surface area contributed by atoms with Crippen molar-refractivity contribution in [1.29, 1.82) is 0 Å². The Bertz CT molecular complexity index is 1370. The van der Waals surface area contributed by atoms with E-state index < -0.39 is 17.7 Å². The van der Waals surface area contributed by atoms with Crippen molar-refractivity contribution in [2.24, 2.45) is 0 Å². The summed E-state index contributed by atoms with van der Waals surface area (Å²) in [4.78, 5) is 21.9. The zero-order valence-corrected chi connectivity index (χ0v) is 19.9. The van der Waals surface area contributed by atoms with Gasteiger partial charge in [0.1, 0.15) is 11.5 Å². The molecule has 9 heteroatoms. The van der Waals surface area contributed by atoms with E-state index in [4.69, 9.17) is 0 Å². The van der Waals surface area contributed by atoms with Gasteiger partial charge in [-0.15, -0.1) is 11.3 Å². The van der Waals surface area contributed by atoms with Gasteiger partial charge in [-0.25, -0.2) is 14.4 Å². The average Bonchev–Trinajstić information content (AvgIpc) is 3.28. The quantitative estimate of drug-likeness (QED) is 0.302. The predicted molar refractivity (Wildman–Crippen MR) is 128 cm³/mol. The van der Waals surface area contributed by atoms with E-state index in [9.17, 15) is 22.4 Å². The van der Waals surface area contributed by atoms with E-state index >= 15 is 0 Å². The Morgan fingerprint density at radius 2 is 1.54 bits per heavy atom. The molecule has 0 spiro atoms. The average molecular weight is 500 g/mol. The minimum absolute atomic E-state index is 0.0324. The van der Waals surface area contributed by atoms with Crippen LogP contribution >= 0.6 is 11.3 Å². The van der Waals surface area contributed by atoms with Crippen molar-refractivity contribution in [1.82, 2.24) is 15.3 Å². The third kappa shape index (κ3) is 5.92. The van der Waals surface area contributed by atoms with Gasteiger partial charge in [0.05, 0.1) is 10.6 Å². The number of alkyl halides is 3. The standard InChI is InChI=1S/C26H21F4N3OS/c1-25(2,3)33-24(34)21-12-11-20(35-21)16-5-4-6-17(13-16)23-31-19(14-22(32-23)26(28,29)30)15-7-9-18(27)10-8-15/h4-14H,1-3H3,(H,33,34). The zero-order valence-electron chi connectivity index (χ0n) is 19.1. The largest absolute Gasteiger partial charge is 0.433 e. The zero-order chi connectivity index (χ0) is 25.4. The lowest BCUT2D eigenvalue weighted by Gasteiger charge is -2.19. The SMILES string of the molecule is CC(C)(C)NC(=O)c1ccc(-c2cccc(-c3nc(-c4ccc(F)cc4)cc(C(F)(F)F)n3)c2)s1. The number of hydrogen-bond donors (Lipinski definition) is 1. The maximum absolute atomic E-state index is 13.6. The van der Waals surface area contributed by atoms with Crippen LogP contribution in [-0.2, 0) is 6.18 Å². The first-order valence-corrected chi connectivity index (χ1v) is 11.5. The van der Waals surface area contributed by atoms with Crippen LogP contribution in [0.25, 0.3) is 33.1 Å². The summed E-state index contributed by atoms with van der Waals surface area (Å²) in [6, 6.07) is 16.2. The monoisotopic (exact) mass is 499 g/mol. The van der Waals surface area contributed by atoms with Gasteiger partial charge in [-0.1, -0.05) is 18.2 Å². The molecule has 4 nitrogen and oxygen atoms in total. The van der Waals surface area contributed by atoms with Gasteiger partial charge in [-0.3, -0.25) is 4.79 Å². The number of aromatic nitrogens is 2. The summed E-state index contributed by atoms with van der Waals surface area (Å²) in [5.41, 5.74) is -0.0128. The van der Waals surface area contributed by atoms with Crippen LogP contribution in [-0.4, -0.2) is 21.4 Å². The number of carbonyl (C=O) groups is 1. The molecule has 0 saturated heterocycles. The van der Waals surface area contributed by atoms with Crippen molar-refractivity contribution >= 4 is 17.2 Å². The first kappa shape index (κ1) is 24.5. The fourth-order valence-electron chi connectivity index (χ4n) is 3.32. The molecule has 0 atom stereocenters. The maximum atomic E-state index is 13.6. The van der Waals surface area contributed by atoms with E-state index in [-0.39, 0.29) is 23.0 Å². The highest BCUT2D eigenvalue weighted by Crippen LogP contribution is 2.34. The van der Waals surface area contributed by atoms with Gasteiger partial charge in [0.15, 0.2) is 5.82 Å². The summed E-state index contributed by atoms with van der Waals surface area (Å²) in [5, 5.41) is 2.90. The highest BCUT2D eigenvalue weighted by atomic mass is 32.1. The van der Waals surface area contributed by atoms with E-state index in [1.165, 1.54) is 23.5 Å². The molecule has 0 fully saturated rings. The first-order valence-electron chi connectivity index (χ1n) is 10.6. The predicted octanol–water partition coefficient (Wildman–Crippen LogP) is 7.23. The van der Waals surface area contributed by atoms with Crippen LogP contribution < -0.4 is 5.32 Å². The summed E-state index contributed by atoms with van der Waals surface area (Å²) in [6.45, 7) is 5.66. The van der Waals surface area contributed by atoms with Crippen molar-refractivity contribution in [3.05, 3.63) is 83.1 Å². The molecule has 0 radical (unpaired) electrons. The van der Waals surface area contributed by atoms with Gasteiger partial charge in [0.2, 0.25) is 0 Å². The summed E-state index contributed by atoms with van der Waals surface area (Å²) in [7, 11) is 0. The number of rotatable bonds is 4. The number of thiophene rings is 1. The van der Waals surface area contributed by atoms with Crippen LogP contribution in [0.4, 0.5) is 17.6 Å². The van der Waals surface area contributed by atoms with E-state index in [1.807, 2.05) is 20.8 Å². The molecule has 4 rings (SSSR count). The molecule has 0 aliphatic heterocycles. The second kappa shape index (κ2) is 9.22. The number of nitrogens with one attached hydrogen (secondary N) is 1. The molecule has 2 aromatic heterocycles. The fourth-order valence-corrected chi connectivity index (χ4v) is 4.22. The van der Waals surface area contributed by atoms with E-state index in [0.717, 1.165) is 23.1 Å². The van der Waals surface area contributed by atoms with Crippen LogP contribution in [0.3, 0.4) is 0 Å². The minimum Gasteiger partial charge on any atom is -0.347 e. The molecule has 0 saturated carbocycles. The smallest absolute Gasteiger partial charge is 0.347 e. The van der Waals surface area contributed by atoms with Crippen molar-refractivity contribution < 1.29 is 22.4 Å². The molecule has 4 aromatic rings. The molecule has 180 valence electrons. The van der Waals surface area contributed by atoms with Crippen molar-refractivity contribution in [2.75, 3.05) is 0 Å². The Balaban J connectivity index is 1.73. The molecule has 0 aliphatic carbocycles. The van der Waals surface area contributed by atoms with Gasteiger partial charge in [-0.05, 0) is 74.9 Å². The Morgan fingerprint density at radius 3 is 2.20 bits per heavy atom. The van der Waals surface area contributed by atoms with Gasteiger partial charge in [0, 0.05) is 21.5 Å². The van der Waals surface area contributed by atoms with Crippen molar-refractivity contribution in [3.8, 4) is 33.1 Å². The number of nitrogens with zero attached hydrogens (tertiary/aromatic N) is 2. The van der Waals surface area contributed by atoms with Gasteiger partial charge < -0.3 is 5.32 Å². The second-order valence-electron chi connectivity index (χ2n) is 8.92. The molecule has 2 heterocycles. The lowest BCUT2D eigenvalue weighted by Crippen LogP contribution is -2.40. The molecule has 0 bridgehead atoms. The van der Waals surface area contributed by atoms with Crippen LogP contribution in [0.1, 0.15) is 36.1 Å². The lowest BCUT2D eigenvalue weighted by molar-refractivity contribution is -0.141. The minimum atomic E-state index is -4.69. The van der Waals surface area contributed by atoms with Crippen LogP contribution in [0.2, 0.25) is 0 Å². The van der Waals surface area contributed by atoms with E-state index in [2.05, 4.69) is 15.3 Å². The Labute approximate surface area is 203 Å². The number of benzene rings is 2. The molecule has 35 heavy (non-hydrogen) atoms. The second-order valence-corrected chi connectivity index (χ2v) is 10.00. The molecular formula is C26H21F4N3OS. The molecule has 1 N–H and O–H groups in total. The van der Waals surface area contributed by atoms with Crippen LogP contribution in [0.5, 0.6) is 0 Å². The number of carbonyl (C=O) groups excluding carboxylic acids is 1. The summed E-state index contributed by atoms with van der Waals surface area (Å²) >= 11 is 1.28. The maximum Gasteiger partial charge on any atom is 0.433 e. The van der Waals surface area contributed by atoms with E-state index in [1.54, 1.807) is 36.4 Å². The third-order valence-corrected chi connectivity index (χ3v) is 6.01. The van der Waals surface area contributed by atoms with Crippen molar-refractivity contribution in [2.45, 2.75) is 32.5 Å². The Morgan fingerprint density at radius 1 is 0.857 bits per heavy atom. The molecule has 0 aliphatic rings. The van der Waals surface area contributed by atoms with Gasteiger partial charge >= 0.3 is 6.18 Å². The first-order chi connectivity index (χ1) is 16.4. The highest BCUT2D eigenvalue weighted by Gasteiger charge is 2.34. The summed E-state index contributed by atoms with van der Waals surface area (Å²) in [6.07, 6.45) is -4.69.